The lowest BCUT2D eigenvalue weighted by atomic mass is 10.1. The summed E-state index contributed by atoms with van der Waals surface area (Å²) in [6.07, 6.45) is 7.58. The van der Waals surface area contributed by atoms with E-state index < -0.39 is 0 Å². The number of hydrogen-bond donors (Lipinski definition) is 2. The zero-order chi connectivity index (χ0) is 19.6. The Morgan fingerprint density at radius 2 is 1.82 bits per heavy atom. The van der Waals surface area contributed by atoms with Gasteiger partial charge < -0.3 is 4.74 Å². The number of hydrazine groups is 1. The first-order chi connectivity index (χ1) is 13.7. The number of carbonyl (C=O) groups excluding carboxylic acids is 2. The van der Waals surface area contributed by atoms with Crippen molar-refractivity contribution in [2.24, 2.45) is 0 Å². The Balaban J connectivity index is 1.28. The highest BCUT2D eigenvalue weighted by Crippen LogP contribution is 2.28. The van der Waals surface area contributed by atoms with Gasteiger partial charge in [0.15, 0.2) is 0 Å². The molecule has 1 aliphatic rings. The summed E-state index contributed by atoms with van der Waals surface area (Å²) in [5, 5.41) is 0. The third-order valence-electron chi connectivity index (χ3n) is 4.86. The zero-order valence-electron chi connectivity index (χ0n) is 16.2. The van der Waals surface area contributed by atoms with Crippen LogP contribution in [0.3, 0.4) is 0 Å². The lowest BCUT2D eigenvalue weighted by molar-refractivity contribution is -0.122. The Kier molecular flexibility index (Phi) is 8.06. The Morgan fingerprint density at radius 1 is 1.00 bits per heavy atom. The Hall–Kier alpha value is -2.18. The second kappa shape index (κ2) is 11.0. The first-order valence-corrected chi connectivity index (χ1v) is 10.9. The fraction of sp³-hybridized carbons (Fsp3) is 0.455. The highest BCUT2D eigenvalue weighted by molar-refractivity contribution is 7.14. The van der Waals surface area contributed by atoms with Crippen molar-refractivity contribution in [3.63, 3.8) is 0 Å². The summed E-state index contributed by atoms with van der Waals surface area (Å²) >= 11 is 1.55. The van der Waals surface area contributed by atoms with Crippen molar-refractivity contribution in [2.75, 3.05) is 13.2 Å². The third-order valence-corrected chi connectivity index (χ3v) is 6.09. The van der Waals surface area contributed by atoms with Crippen LogP contribution in [0.25, 0.3) is 0 Å². The van der Waals surface area contributed by atoms with E-state index in [9.17, 15) is 9.59 Å². The molecule has 1 aromatic heterocycles. The predicted octanol–water partition coefficient (Wildman–Crippen LogP) is 3.82. The van der Waals surface area contributed by atoms with E-state index in [0.717, 1.165) is 19.3 Å². The van der Waals surface area contributed by atoms with Gasteiger partial charge in [-0.3, -0.25) is 20.4 Å². The number of aryl methyl sites for hydroxylation is 2. The lowest BCUT2D eigenvalue weighted by Crippen LogP contribution is -2.41. The standard InChI is InChI=1S/C22H28N2O3S/c25-21(12-7-14-27-15-13-17-8-3-1-4-9-17)23-24-22(26)20-16-18-10-5-2-6-11-19(18)28-20/h1,3-4,8-9,16H,2,5-7,10-15H2,(H,23,25)(H,24,26). The first kappa shape index (κ1) is 20.6. The molecule has 0 saturated carbocycles. The van der Waals surface area contributed by atoms with Crippen LogP contribution in [0.1, 0.15) is 57.8 Å². The molecule has 0 aliphatic heterocycles. The number of benzene rings is 1. The first-order valence-electron chi connectivity index (χ1n) is 10.0. The minimum atomic E-state index is -0.231. The Morgan fingerprint density at radius 3 is 2.68 bits per heavy atom. The van der Waals surface area contributed by atoms with Crippen LogP contribution in [0.5, 0.6) is 0 Å². The number of nitrogens with one attached hydrogen (secondary N) is 2. The largest absolute Gasteiger partial charge is 0.381 e. The van der Waals surface area contributed by atoms with E-state index in [4.69, 9.17) is 4.74 Å². The van der Waals surface area contributed by atoms with Crippen LogP contribution < -0.4 is 10.9 Å². The molecule has 2 N–H and O–H groups in total. The van der Waals surface area contributed by atoms with Crippen LogP contribution >= 0.6 is 11.3 Å². The molecule has 6 heteroatoms. The summed E-state index contributed by atoms with van der Waals surface area (Å²) in [6, 6.07) is 12.2. The van der Waals surface area contributed by atoms with Gasteiger partial charge in [0.2, 0.25) is 5.91 Å². The van der Waals surface area contributed by atoms with Crippen molar-refractivity contribution in [1.82, 2.24) is 10.9 Å². The summed E-state index contributed by atoms with van der Waals surface area (Å²) in [5.74, 6) is -0.427. The highest BCUT2D eigenvalue weighted by Gasteiger charge is 2.16. The fourth-order valence-corrected chi connectivity index (χ4v) is 4.45. The average Bonchev–Trinajstić information content (AvgIpc) is 3.00. The number of thiophene rings is 1. The Bertz CT molecular complexity index is 750. The van der Waals surface area contributed by atoms with Gasteiger partial charge in [-0.05, 0) is 55.7 Å². The molecule has 1 aliphatic carbocycles. The summed E-state index contributed by atoms with van der Waals surface area (Å²) in [5.41, 5.74) is 7.57. The molecule has 3 rings (SSSR count). The zero-order valence-corrected chi connectivity index (χ0v) is 17.0. The van der Waals surface area contributed by atoms with Gasteiger partial charge in [-0.2, -0.15) is 0 Å². The predicted molar refractivity (Wildman–Crippen MR) is 111 cm³/mol. The molecule has 0 radical (unpaired) electrons. The minimum absolute atomic E-state index is 0.196. The third kappa shape index (κ3) is 6.46. The van der Waals surface area contributed by atoms with Crippen LogP contribution in [-0.2, 0) is 28.8 Å². The van der Waals surface area contributed by atoms with Crippen molar-refractivity contribution in [2.45, 2.75) is 51.4 Å². The van der Waals surface area contributed by atoms with Crippen LogP contribution in [0, 0.1) is 0 Å². The van der Waals surface area contributed by atoms with E-state index in [1.807, 2.05) is 24.3 Å². The molecule has 0 atom stereocenters. The summed E-state index contributed by atoms with van der Waals surface area (Å²) < 4.78 is 5.57. The maximum atomic E-state index is 12.3. The van der Waals surface area contributed by atoms with Crippen LogP contribution in [0.2, 0.25) is 0 Å². The smallest absolute Gasteiger partial charge is 0.279 e. The number of ether oxygens (including phenoxy) is 1. The molecule has 2 aromatic rings. The van der Waals surface area contributed by atoms with Gasteiger partial charge in [0.1, 0.15) is 0 Å². The Labute approximate surface area is 170 Å². The summed E-state index contributed by atoms with van der Waals surface area (Å²) in [7, 11) is 0. The molecule has 150 valence electrons. The van der Waals surface area contributed by atoms with E-state index in [0.29, 0.717) is 30.9 Å². The quantitative estimate of drug-likeness (QED) is 0.402. The molecule has 0 unspecified atom stereocenters. The van der Waals surface area contributed by atoms with Gasteiger partial charge in [0.25, 0.3) is 5.91 Å². The molecule has 0 fully saturated rings. The molecular weight excluding hydrogens is 372 g/mol. The van der Waals surface area contributed by atoms with Crippen molar-refractivity contribution >= 4 is 23.2 Å². The average molecular weight is 401 g/mol. The lowest BCUT2D eigenvalue weighted by Gasteiger charge is -2.07. The second-order valence-corrected chi connectivity index (χ2v) is 8.21. The van der Waals surface area contributed by atoms with E-state index in [2.05, 4.69) is 23.0 Å². The van der Waals surface area contributed by atoms with Gasteiger partial charge in [-0.15, -0.1) is 11.3 Å². The van der Waals surface area contributed by atoms with Gasteiger partial charge in [-0.1, -0.05) is 36.8 Å². The summed E-state index contributed by atoms with van der Waals surface area (Å²) in [4.78, 5) is 26.2. The second-order valence-electron chi connectivity index (χ2n) is 7.07. The van der Waals surface area contributed by atoms with Gasteiger partial charge in [0, 0.05) is 17.9 Å². The topological polar surface area (TPSA) is 67.4 Å². The highest BCUT2D eigenvalue weighted by atomic mass is 32.1. The van der Waals surface area contributed by atoms with Crippen molar-refractivity contribution in [3.05, 3.63) is 57.3 Å². The number of fused-ring (bicyclic) bond motifs is 1. The molecular formula is C22H28N2O3S. The number of amides is 2. The van der Waals surface area contributed by atoms with Gasteiger partial charge >= 0.3 is 0 Å². The molecule has 0 spiro atoms. The minimum Gasteiger partial charge on any atom is -0.381 e. The van der Waals surface area contributed by atoms with Gasteiger partial charge in [0.05, 0.1) is 11.5 Å². The van der Waals surface area contributed by atoms with E-state index in [1.165, 1.54) is 35.3 Å². The maximum absolute atomic E-state index is 12.3. The van der Waals surface area contributed by atoms with Crippen molar-refractivity contribution < 1.29 is 14.3 Å². The molecule has 0 saturated heterocycles. The number of hydrogen-bond acceptors (Lipinski definition) is 4. The number of rotatable bonds is 8. The molecule has 1 heterocycles. The molecule has 28 heavy (non-hydrogen) atoms. The van der Waals surface area contributed by atoms with Crippen LogP contribution in [0.15, 0.2) is 36.4 Å². The van der Waals surface area contributed by atoms with Crippen molar-refractivity contribution in [3.8, 4) is 0 Å². The van der Waals surface area contributed by atoms with Crippen LogP contribution in [-0.4, -0.2) is 25.0 Å². The SMILES string of the molecule is O=C(CCCOCCc1ccccc1)NNC(=O)c1cc2c(s1)CCCCC2. The van der Waals surface area contributed by atoms with Crippen molar-refractivity contribution in [1.29, 1.82) is 0 Å². The summed E-state index contributed by atoms with van der Waals surface area (Å²) in [6.45, 7) is 1.18. The van der Waals surface area contributed by atoms with E-state index in [-0.39, 0.29) is 11.8 Å². The van der Waals surface area contributed by atoms with Gasteiger partial charge in [-0.25, -0.2) is 0 Å². The fourth-order valence-electron chi connectivity index (χ4n) is 3.30. The monoisotopic (exact) mass is 400 g/mol. The van der Waals surface area contributed by atoms with E-state index >= 15 is 0 Å². The van der Waals surface area contributed by atoms with E-state index in [1.54, 1.807) is 11.3 Å². The molecule has 2 amide bonds. The molecule has 1 aromatic carbocycles. The number of carbonyl (C=O) groups is 2. The molecule has 0 bridgehead atoms. The molecule has 5 nitrogen and oxygen atoms in total. The van der Waals surface area contributed by atoms with Crippen LogP contribution in [0.4, 0.5) is 0 Å². The normalized spacial score (nSPS) is 13.4. The maximum Gasteiger partial charge on any atom is 0.279 e.